The predicted octanol–water partition coefficient (Wildman–Crippen LogP) is 5.45. The van der Waals surface area contributed by atoms with Crippen LogP contribution in [-0.4, -0.2) is 41.5 Å². The van der Waals surface area contributed by atoms with Crippen LogP contribution in [-0.2, 0) is 0 Å². The van der Waals surface area contributed by atoms with Gasteiger partial charge in [-0.2, -0.15) is 10.2 Å². The predicted molar refractivity (Wildman–Crippen MR) is 136 cm³/mol. The molecule has 11 heteroatoms. The van der Waals surface area contributed by atoms with E-state index in [0.29, 0.717) is 38.4 Å². The summed E-state index contributed by atoms with van der Waals surface area (Å²) < 4.78 is 17.6. The first kappa shape index (κ1) is 22.8. The van der Waals surface area contributed by atoms with Crippen LogP contribution in [0.4, 0.5) is 4.39 Å². The van der Waals surface area contributed by atoms with E-state index in [1.165, 1.54) is 22.2 Å². The lowest BCUT2D eigenvalue weighted by atomic mass is 9.90. The van der Waals surface area contributed by atoms with Gasteiger partial charge >= 0.3 is 0 Å². The van der Waals surface area contributed by atoms with Crippen molar-refractivity contribution >= 4 is 39.9 Å². The maximum atomic E-state index is 14.9. The standard InChI is InChI=1S/C25H21ClFN7OS/c26-22-9-8-21(36-22)25(35)31-15-4-3-5-16(12-15)33-20-13-23(34-29-10-11-30-34)28-14-19(20)32-24(33)17-6-1-2-7-18(17)27/h1-2,6-11,13-16H,3-5,12H2,(H,31,35). The molecular weight excluding hydrogens is 501 g/mol. The fraction of sp³-hybridized carbons (Fsp3) is 0.240. The molecule has 4 heterocycles. The summed E-state index contributed by atoms with van der Waals surface area (Å²) in [5.74, 6) is 0.617. The number of nitrogens with one attached hydrogen (secondary N) is 1. The smallest absolute Gasteiger partial charge is 0.261 e. The van der Waals surface area contributed by atoms with Crippen LogP contribution in [0, 0.1) is 5.82 Å². The third-order valence-electron chi connectivity index (χ3n) is 6.44. The van der Waals surface area contributed by atoms with Gasteiger partial charge in [0.15, 0.2) is 5.82 Å². The number of halogens is 2. The summed E-state index contributed by atoms with van der Waals surface area (Å²) in [5.41, 5.74) is 1.90. The molecule has 1 saturated carbocycles. The first-order valence-corrected chi connectivity index (χ1v) is 12.8. The van der Waals surface area contributed by atoms with Gasteiger partial charge in [-0.1, -0.05) is 23.7 Å². The lowest BCUT2D eigenvalue weighted by Gasteiger charge is -2.32. The minimum atomic E-state index is -0.341. The van der Waals surface area contributed by atoms with Crippen molar-refractivity contribution < 1.29 is 9.18 Å². The molecule has 8 nitrogen and oxygen atoms in total. The molecule has 36 heavy (non-hydrogen) atoms. The number of hydrogen-bond acceptors (Lipinski definition) is 6. The first-order valence-electron chi connectivity index (χ1n) is 11.6. The number of fused-ring (bicyclic) bond motifs is 1. The number of imidazole rings is 1. The topological polar surface area (TPSA) is 90.5 Å². The van der Waals surface area contributed by atoms with Crippen molar-refractivity contribution in [3.63, 3.8) is 0 Å². The van der Waals surface area contributed by atoms with E-state index in [0.717, 1.165) is 24.8 Å². The number of amides is 1. The first-order chi connectivity index (χ1) is 17.6. The Kier molecular flexibility index (Phi) is 5.98. The monoisotopic (exact) mass is 521 g/mol. The molecule has 0 bridgehead atoms. The van der Waals surface area contributed by atoms with Crippen molar-refractivity contribution in [1.82, 2.24) is 34.8 Å². The molecule has 0 aliphatic heterocycles. The Morgan fingerprint density at radius 2 is 1.97 bits per heavy atom. The van der Waals surface area contributed by atoms with E-state index in [9.17, 15) is 9.18 Å². The fourth-order valence-electron chi connectivity index (χ4n) is 4.86. The summed E-state index contributed by atoms with van der Waals surface area (Å²) in [6, 6.07) is 11.9. The number of rotatable bonds is 5. The molecule has 1 N–H and O–H groups in total. The molecule has 0 saturated heterocycles. The van der Waals surface area contributed by atoms with Gasteiger partial charge in [0.1, 0.15) is 17.2 Å². The Bertz CT molecular complexity index is 1550. The lowest BCUT2D eigenvalue weighted by Crippen LogP contribution is -2.38. The Balaban J connectivity index is 1.40. The number of thiophene rings is 1. The van der Waals surface area contributed by atoms with E-state index in [1.807, 2.05) is 6.07 Å². The average Bonchev–Trinajstić information content (AvgIpc) is 3.64. The maximum Gasteiger partial charge on any atom is 0.261 e. The molecule has 5 aromatic rings. The molecule has 0 radical (unpaired) electrons. The highest BCUT2D eigenvalue weighted by molar-refractivity contribution is 7.18. The Morgan fingerprint density at radius 1 is 1.14 bits per heavy atom. The Morgan fingerprint density at radius 3 is 2.75 bits per heavy atom. The Hall–Kier alpha value is -3.63. The van der Waals surface area contributed by atoms with Crippen LogP contribution in [0.15, 0.2) is 61.1 Å². The fourth-order valence-corrected chi connectivity index (χ4v) is 5.80. The van der Waals surface area contributed by atoms with Gasteiger partial charge in [0.25, 0.3) is 5.91 Å². The molecule has 6 rings (SSSR count). The number of nitrogens with zero attached hydrogens (tertiary/aromatic N) is 6. The summed E-state index contributed by atoms with van der Waals surface area (Å²) in [6.07, 6.45) is 8.18. The summed E-state index contributed by atoms with van der Waals surface area (Å²) in [7, 11) is 0. The maximum absolute atomic E-state index is 14.9. The van der Waals surface area contributed by atoms with Crippen molar-refractivity contribution in [2.45, 2.75) is 37.8 Å². The highest BCUT2D eigenvalue weighted by atomic mass is 35.5. The van der Waals surface area contributed by atoms with Crippen LogP contribution >= 0.6 is 22.9 Å². The zero-order valence-electron chi connectivity index (χ0n) is 19.0. The zero-order chi connectivity index (χ0) is 24.6. The van der Waals surface area contributed by atoms with Crippen molar-refractivity contribution in [3.05, 3.63) is 76.1 Å². The number of pyridine rings is 1. The largest absolute Gasteiger partial charge is 0.349 e. The third-order valence-corrected chi connectivity index (χ3v) is 7.67. The Labute approximate surface area is 214 Å². The van der Waals surface area contributed by atoms with Crippen LogP contribution in [0.3, 0.4) is 0 Å². The molecule has 2 unspecified atom stereocenters. The summed E-state index contributed by atoms with van der Waals surface area (Å²) >= 11 is 7.28. The van der Waals surface area contributed by atoms with Gasteiger partial charge < -0.3 is 9.88 Å². The van der Waals surface area contributed by atoms with E-state index in [4.69, 9.17) is 16.6 Å². The van der Waals surface area contributed by atoms with Gasteiger partial charge in [-0.15, -0.1) is 16.1 Å². The zero-order valence-corrected chi connectivity index (χ0v) is 20.6. The van der Waals surface area contributed by atoms with E-state index in [2.05, 4.69) is 25.1 Å². The summed E-state index contributed by atoms with van der Waals surface area (Å²) in [6.45, 7) is 0. The van der Waals surface area contributed by atoms with Crippen LogP contribution in [0.25, 0.3) is 28.2 Å². The minimum Gasteiger partial charge on any atom is -0.349 e. The normalized spacial score (nSPS) is 17.9. The number of hydrogen-bond donors (Lipinski definition) is 1. The summed E-state index contributed by atoms with van der Waals surface area (Å²) in [5, 5.41) is 11.5. The van der Waals surface area contributed by atoms with Gasteiger partial charge in [0.2, 0.25) is 0 Å². The number of aromatic nitrogens is 6. The van der Waals surface area contributed by atoms with Gasteiger partial charge in [-0.05, 0) is 49.9 Å². The second-order valence-electron chi connectivity index (χ2n) is 8.73. The van der Waals surface area contributed by atoms with Crippen LogP contribution in [0.5, 0.6) is 0 Å². The summed E-state index contributed by atoms with van der Waals surface area (Å²) in [4.78, 5) is 24.1. The molecule has 2 atom stereocenters. The van der Waals surface area contributed by atoms with Crippen molar-refractivity contribution in [2.75, 3.05) is 0 Å². The third kappa shape index (κ3) is 4.27. The molecule has 1 amide bonds. The number of benzene rings is 1. The molecule has 182 valence electrons. The molecular formula is C25H21ClFN7OS. The van der Waals surface area contributed by atoms with Gasteiger partial charge in [0.05, 0.1) is 38.9 Å². The minimum absolute atomic E-state index is 0.00332. The number of carbonyl (C=O) groups is 1. The van der Waals surface area contributed by atoms with E-state index >= 15 is 0 Å². The van der Waals surface area contributed by atoms with E-state index in [-0.39, 0.29) is 23.8 Å². The van der Waals surface area contributed by atoms with Crippen LogP contribution < -0.4 is 5.32 Å². The molecule has 0 spiro atoms. The van der Waals surface area contributed by atoms with Crippen molar-refractivity contribution in [3.8, 4) is 17.2 Å². The molecule has 1 aliphatic carbocycles. The highest BCUT2D eigenvalue weighted by Gasteiger charge is 2.29. The molecule has 1 fully saturated rings. The molecule has 1 aliphatic rings. The van der Waals surface area contributed by atoms with Gasteiger partial charge in [-0.3, -0.25) is 4.79 Å². The van der Waals surface area contributed by atoms with E-state index in [1.54, 1.807) is 48.9 Å². The van der Waals surface area contributed by atoms with Gasteiger partial charge in [0, 0.05) is 18.2 Å². The quantitative estimate of drug-likeness (QED) is 0.332. The van der Waals surface area contributed by atoms with E-state index < -0.39 is 0 Å². The van der Waals surface area contributed by atoms with Crippen LogP contribution in [0.2, 0.25) is 4.34 Å². The SMILES string of the molecule is O=C(NC1CCCC(n2c(-c3ccccc3F)nc3cnc(-n4nccn4)cc32)C1)c1ccc(Cl)s1. The highest BCUT2D eigenvalue weighted by Crippen LogP contribution is 2.37. The van der Waals surface area contributed by atoms with Crippen molar-refractivity contribution in [1.29, 1.82) is 0 Å². The second kappa shape index (κ2) is 9.44. The lowest BCUT2D eigenvalue weighted by molar-refractivity contribution is 0.0925. The van der Waals surface area contributed by atoms with Gasteiger partial charge in [-0.25, -0.2) is 14.4 Å². The molecule has 1 aromatic carbocycles. The average molecular weight is 522 g/mol. The second-order valence-corrected chi connectivity index (χ2v) is 10.4. The van der Waals surface area contributed by atoms with Crippen LogP contribution in [0.1, 0.15) is 41.4 Å². The van der Waals surface area contributed by atoms with Crippen molar-refractivity contribution in [2.24, 2.45) is 0 Å². The number of carbonyl (C=O) groups excluding carboxylic acids is 1. The molecule has 4 aromatic heterocycles.